The van der Waals surface area contributed by atoms with Gasteiger partial charge in [-0.3, -0.25) is 4.79 Å². The summed E-state index contributed by atoms with van der Waals surface area (Å²) in [6.45, 7) is 8.78. The predicted molar refractivity (Wildman–Crippen MR) is 166 cm³/mol. The highest BCUT2D eigenvalue weighted by atomic mass is 32.2. The Hall–Kier alpha value is -4.44. The van der Waals surface area contributed by atoms with Crippen LogP contribution in [0, 0.1) is 6.92 Å². The number of amides is 1. The van der Waals surface area contributed by atoms with E-state index in [-0.39, 0.29) is 5.91 Å². The molecule has 9 nitrogen and oxygen atoms in total. The van der Waals surface area contributed by atoms with Crippen LogP contribution in [0.1, 0.15) is 43.5 Å². The van der Waals surface area contributed by atoms with Crippen molar-refractivity contribution in [2.24, 2.45) is 0 Å². The van der Waals surface area contributed by atoms with Gasteiger partial charge in [-0.15, -0.1) is 5.10 Å². The highest BCUT2D eigenvalue weighted by Gasteiger charge is 2.35. The second-order valence-electron chi connectivity index (χ2n) is 9.67. The normalized spacial score (nSPS) is 14.2. The number of carbonyl (C=O) groups excluding carboxylic acids is 1. The van der Waals surface area contributed by atoms with E-state index < -0.39 is 6.04 Å². The lowest BCUT2D eigenvalue weighted by atomic mass is 9.94. The largest absolute Gasteiger partial charge is 0.493 e. The van der Waals surface area contributed by atoms with Gasteiger partial charge in [-0.1, -0.05) is 61.2 Å². The number of rotatable bonds is 11. The monoisotopic (exact) mass is 585 g/mol. The Balaban J connectivity index is 1.52. The van der Waals surface area contributed by atoms with Crippen molar-refractivity contribution in [3.05, 3.63) is 94.7 Å². The van der Waals surface area contributed by atoms with E-state index >= 15 is 0 Å². The Morgan fingerprint density at radius 2 is 1.79 bits per heavy atom. The number of thioether (sulfide) groups is 1. The van der Waals surface area contributed by atoms with E-state index in [9.17, 15) is 4.79 Å². The molecule has 1 aliphatic rings. The van der Waals surface area contributed by atoms with Crippen LogP contribution in [-0.2, 0) is 11.4 Å². The molecule has 10 heteroatoms. The number of hydrogen-bond donors (Lipinski definition) is 2. The van der Waals surface area contributed by atoms with E-state index in [1.54, 1.807) is 11.8 Å². The molecule has 3 aromatic carbocycles. The molecule has 5 rings (SSSR count). The zero-order valence-electron chi connectivity index (χ0n) is 24.4. The molecule has 0 saturated carbocycles. The minimum Gasteiger partial charge on any atom is -0.493 e. The average Bonchev–Trinajstić information content (AvgIpc) is 3.39. The Kier molecular flexibility index (Phi) is 9.02. The van der Waals surface area contributed by atoms with Gasteiger partial charge in [-0.05, 0) is 67.5 Å². The fourth-order valence-electron chi connectivity index (χ4n) is 4.87. The van der Waals surface area contributed by atoms with Crippen LogP contribution >= 0.6 is 11.8 Å². The van der Waals surface area contributed by atoms with E-state index in [0.29, 0.717) is 58.5 Å². The van der Waals surface area contributed by atoms with Crippen LogP contribution in [0.3, 0.4) is 0 Å². The molecule has 1 atom stereocenters. The molecule has 4 aromatic rings. The first kappa shape index (κ1) is 29.1. The highest BCUT2D eigenvalue weighted by molar-refractivity contribution is 7.99. The number of aryl methyl sites for hydroxylation is 1. The molecule has 2 N–H and O–H groups in total. The minimum absolute atomic E-state index is 0.276. The molecule has 0 fully saturated rings. The van der Waals surface area contributed by atoms with Crippen molar-refractivity contribution in [3.63, 3.8) is 0 Å². The first-order valence-electron chi connectivity index (χ1n) is 13.9. The maximum Gasteiger partial charge on any atom is 0.255 e. The molecule has 0 aliphatic carbocycles. The molecule has 1 unspecified atom stereocenters. The summed E-state index contributed by atoms with van der Waals surface area (Å²) < 4.78 is 19.4. The fraction of sp³-hybridized carbons (Fsp3) is 0.281. The van der Waals surface area contributed by atoms with Gasteiger partial charge < -0.3 is 24.8 Å². The van der Waals surface area contributed by atoms with Gasteiger partial charge in [0.15, 0.2) is 11.5 Å². The van der Waals surface area contributed by atoms with Crippen molar-refractivity contribution in [2.45, 2.75) is 45.5 Å². The SMILES string of the molecule is CCOc1ccccc1NC(=O)C1=C(C)Nc2nc(SCC)nn2C1c1ccc(OCc2ccccc2C)c(OC)c1. The van der Waals surface area contributed by atoms with Crippen LogP contribution in [0.25, 0.3) is 0 Å². The molecule has 0 saturated heterocycles. The Bertz CT molecular complexity index is 1620. The Labute approximate surface area is 250 Å². The van der Waals surface area contributed by atoms with Crippen LogP contribution in [0.2, 0.25) is 0 Å². The van der Waals surface area contributed by atoms with E-state index in [1.165, 1.54) is 11.8 Å². The summed E-state index contributed by atoms with van der Waals surface area (Å²) >= 11 is 1.54. The molecule has 0 bridgehead atoms. The molecule has 0 radical (unpaired) electrons. The van der Waals surface area contributed by atoms with Gasteiger partial charge in [0.1, 0.15) is 18.4 Å². The van der Waals surface area contributed by atoms with Gasteiger partial charge in [-0.2, -0.15) is 4.98 Å². The van der Waals surface area contributed by atoms with Crippen molar-refractivity contribution in [3.8, 4) is 17.2 Å². The zero-order valence-corrected chi connectivity index (χ0v) is 25.2. The number of fused-ring (bicyclic) bond motifs is 1. The van der Waals surface area contributed by atoms with Gasteiger partial charge in [0, 0.05) is 5.70 Å². The molecule has 42 heavy (non-hydrogen) atoms. The number of anilines is 2. The third-order valence-electron chi connectivity index (χ3n) is 6.93. The van der Waals surface area contributed by atoms with E-state index in [4.69, 9.17) is 19.3 Å². The van der Waals surface area contributed by atoms with E-state index in [1.807, 2.05) is 81.4 Å². The second-order valence-corrected chi connectivity index (χ2v) is 10.9. The fourth-order valence-corrected chi connectivity index (χ4v) is 5.42. The summed E-state index contributed by atoms with van der Waals surface area (Å²) in [7, 11) is 1.61. The van der Waals surface area contributed by atoms with Crippen LogP contribution in [0.15, 0.2) is 83.2 Å². The summed E-state index contributed by atoms with van der Waals surface area (Å²) in [5.74, 6) is 2.88. The van der Waals surface area contributed by atoms with Crippen molar-refractivity contribution in [2.75, 3.05) is 30.1 Å². The summed E-state index contributed by atoms with van der Waals surface area (Å²) in [5, 5.41) is 11.8. The number of methoxy groups -OCH3 is 1. The predicted octanol–water partition coefficient (Wildman–Crippen LogP) is 6.61. The zero-order chi connectivity index (χ0) is 29.6. The molecule has 218 valence electrons. The lowest BCUT2D eigenvalue weighted by molar-refractivity contribution is -0.113. The van der Waals surface area contributed by atoms with Gasteiger partial charge in [0.2, 0.25) is 11.1 Å². The third kappa shape index (κ3) is 6.08. The number of para-hydroxylation sites is 2. The maximum atomic E-state index is 14.0. The molecule has 0 spiro atoms. The smallest absolute Gasteiger partial charge is 0.255 e. The minimum atomic E-state index is -0.571. The molecular weight excluding hydrogens is 550 g/mol. The second kappa shape index (κ2) is 13.0. The number of aromatic nitrogens is 3. The van der Waals surface area contributed by atoms with Crippen LogP contribution < -0.4 is 24.8 Å². The average molecular weight is 586 g/mol. The summed E-state index contributed by atoms with van der Waals surface area (Å²) in [4.78, 5) is 18.7. The van der Waals surface area contributed by atoms with Crippen molar-refractivity contribution in [1.82, 2.24) is 14.8 Å². The number of benzene rings is 3. The van der Waals surface area contributed by atoms with E-state index in [0.717, 1.165) is 22.4 Å². The van der Waals surface area contributed by atoms with Crippen LogP contribution in [0.4, 0.5) is 11.6 Å². The van der Waals surface area contributed by atoms with Crippen LogP contribution in [0.5, 0.6) is 17.2 Å². The number of hydrogen-bond acceptors (Lipinski definition) is 8. The van der Waals surface area contributed by atoms with Crippen LogP contribution in [-0.4, -0.2) is 40.1 Å². The standard InChI is InChI=1S/C32H35N5O4S/c1-6-40-25-15-11-10-14-24(25)34-30(38)28-21(4)33-31-35-32(42-7-2)36-37(31)29(28)22-16-17-26(27(18-22)39-5)41-19-23-13-9-8-12-20(23)3/h8-18,29H,6-7,19H2,1-5H3,(H,34,38)(H,33,35,36). The maximum absolute atomic E-state index is 14.0. The van der Waals surface area contributed by atoms with Gasteiger partial charge in [0.05, 0.1) is 25.0 Å². The summed E-state index contributed by atoms with van der Waals surface area (Å²) in [6.07, 6.45) is 0. The number of nitrogens with one attached hydrogen (secondary N) is 2. The Morgan fingerprint density at radius 3 is 2.55 bits per heavy atom. The lowest BCUT2D eigenvalue weighted by Crippen LogP contribution is -2.31. The van der Waals surface area contributed by atoms with E-state index in [2.05, 4.69) is 28.6 Å². The molecule has 1 amide bonds. The molecule has 2 heterocycles. The van der Waals surface area contributed by atoms with Crippen molar-refractivity contribution < 1.29 is 19.0 Å². The van der Waals surface area contributed by atoms with Gasteiger partial charge in [0.25, 0.3) is 5.91 Å². The topological polar surface area (TPSA) is 99.5 Å². The third-order valence-corrected chi connectivity index (χ3v) is 7.65. The summed E-state index contributed by atoms with van der Waals surface area (Å²) in [5.41, 5.74) is 4.83. The lowest BCUT2D eigenvalue weighted by Gasteiger charge is -2.29. The number of allylic oxidation sites excluding steroid dienone is 1. The quantitative estimate of drug-likeness (QED) is 0.190. The first-order valence-corrected chi connectivity index (χ1v) is 14.9. The number of ether oxygens (including phenoxy) is 3. The van der Waals surface area contributed by atoms with Gasteiger partial charge in [-0.25, -0.2) is 4.68 Å². The first-order chi connectivity index (χ1) is 20.4. The summed E-state index contributed by atoms with van der Waals surface area (Å²) in [6, 6.07) is 20.7. The molecule has 1 aliphatic heterocycles. The number of nitrogens with zero attached hydrogens (tertiary/aromatic N) is 3. The number of carbonyl (C=O) groups is 1. The van der Waals surface area contributed by atoms with Crippen molar-refractivity contribution >= 4 is 29.3 Å². The highest BCUT2D eigenvalue weighted by Crippen LogP contribution is 2.40. The molecular formula is C32H35N5O4S. The van der Waals surface area contributed by atoms with Crippen molar-refractivity contribution in [1.29, 1.82) is 0 Å². The molecule has 1 aromatic heterocycles. The van der Waals surface area contributed by atoms with Gasteiger partial charge >= 0.3 is 0 Å². The Morgan fingerprint density at radius 1 is 1.00 bits per heavy atom.